The summed E-state index contributed by atoms with van der Waals surface area (Å²) < 4.78 is 39.3. The number of amides is 2. The molecule has 2 amide bonds. The first kappa shape index (κ1) is 18.0. The van der Waals surface area contributed by atoms with Crippen molar-refractivity contribution in [1.29, 1.82) is 0 Å². The number of hydrogen-bond donors (Lipinski definition) is 1. The first-order valence-electron chi connectivity index (χ1n) is 6.98. The monoisotopic (exact) mass is 316 g/mol. The maximum atomic E-state index is 13.4. The Hall–Kier alpha value is -2.05. The molecule has 0 fully saturated rings. The Bertz CT molecular complexity index is 564. The first-order chi connectivity index (χ1) is 10.3. The fourth-order valence-electron chi connectivity index (χ4n) is 1.97. The zero-order chi connectivity index (χ0) is 16.9. The van der Waals surface area contributed by atoms with Gasteiger partial charge in [-0.15, -0.1) is 0 Å². The average molecular weight is 316 g/mol. The predicted molar refractivity (Wildman–Crippen MR) is 76.7 cm³/mol. The van der Waals surface area contributed by atoms with Crippen molar-refractivity contribution in [3.63, 3.8) is 0 Å². The average Bonchev–Trinajstić information content (AvgIpc) is 2.47. The van der Waals surface area contributed by atoms with Crippen LogP contribution in [0.1, 0.15) is 33.6 Å². The molecule has 1 aromatic rings. The van der Waals surface area contributed by atoms with Crippen molar-refractivity contribution in [2.24, 2.45) is 0 Å². The Morgan fingerprint density at radius 2 is 1.86 bits per heavy atom. The van der Waals surface area contributed by atoms with Crippen LogP contribution in [0.25, 0.3) is 0 Å². The Morgan fingerprint density at radius 3 is 2.41 bits per heavy atom. The molecule has 122 valence electrons. The van der Waals surface area contributed by atoms with Crippen molar-refractivity contribution in [2.75, 3.05) is 11.9 Å². The highest BCUT2D eigenvalue weighted by Gasteiger charge is 2.18. The van der Waals surface area contributed by atoms with Crippen LogP contribution >= 0.6 is 0 Å². The largest absolute Gasteiger partial charge is 0.340 e. The number of rotatable bonds is 6. The lowest BCUT2D eigenvalue weighted by molar-refractivity contribution is -0.131. The Balaban J connectivity index is 2.67. The topological polar surface area (TPSA) is 49.4 Å². The number of halogens is 3. The maximum absolute atomic E-state index is 13.4. The van der Waals surface area contributed by atoms with Gasteiger partial charge < -0.3 is 10.2 Å². The predicted octanol–water partition coefficient (Wildman–Crippen LogP) is 3.08. The third kappa shape index (κ3) is 4.47. The van der Waals surface area contributed by atoms with Crippen molar-refractivity contribution in [3.8, 4) is 0 Å². The highest BCUT2D eigenvalue weighted by Crippen LogP contribution is 2.19. The van der Waals surface area contributed by atoms with Gasteiger partial charge in [-0.3, -0.25) is 9.59 Å². The highest BCUT2D eigenvalue weighted by atomic mass is 19.2. The lowest BCUT2D eigenvalue weighted by atomic mass is 10.2. The summed E-state index contributed by atoms with van der Waals surface area (Å²) in [4.78, 5) is 24.8. The van der Waals surface area contributed by atoms with Gasteiger partial charge in [-0.25, -0.2) is 13.2 Å². The van der Waals surface area contributed by atoms with Crippen molar-refractivity contribution >= 4 is 17.5 Å². The van der Waals surface area contributed by atoms with E-state index in [1.165, 1.54) is 11.8 Å². The summed E-state index contributed by atoms with van der Waals surface area (Å²) in [6, 6.07) is 1.66. The molecule has 0 aliphatic rings. The van der Waals surface area contributed by atoms with Crippen LogP contribution in [-0.4, -0.2) is 29.3 Å². The van der Waals surface area contributed by atoms with Gasteiger partial charge in [-0.2, -0.15) is 0 Å². The molecule has 1 aromatic carbocycles. The summed E-state index contributed by atoms with van der Waals surface area (Å²) in [6.45, 7) is 5.34. The van der Waals surface area contributed by atoms with Crippen LogP contribution in [-0.2, 0) is 9.59 Å². The number of hydrogen-bond acceptors (Lipinski definition) is 2. The molecule has 0 aromatic heterocycles. The summed E-state index contributed by atoms with van der Waals surface area (Å²) >= 11 is 0. The number of nitrogens with one attached hydrogen (secondary N) is 1. The van der Waals surface area contributed by atoms with Crippen LogP contribution < -0.4 is 5.32 Å². The van der Waals surface area contributed by atoms with E-state index in [1.54, 1.807) is 0 Å². The fourth-order valence-corrected chi connectivity index (χ4v) is 1.97. The fraction of sp³-hybridized carbons (Fsp3) is 0.467. The van der Waals surface area contributed by atoms with Crippen molar-refractivity contribution < 1.29 is 22.8 Å². The van der Waals surface area contributed by atoms with Gasteiger partial charge >= 0.3 is 0 Å². The standard InChI is InChI=1S/C15H19F3N2O2/c1-4-9(2)20(10(3)21)8-7-13(22)19-12-6-5-11(16)14(17)15(12)18/h5-6,9H,4,7-8H2,1-3H3,(H,19,22). The smallest absolute Gasteiger partial charge is 0.226 e. The van der Waals surface area contributed by atoms with Crippen molar-refractivity contribution in [2.45, 2.75) is 39.7 Å². The van der Waals surface area contributed by atoms with E-state index < -0.39 is 29.0 Å². The number of carbonyl (C=O) groups excluding carboxylic acids is 2. The molecule has 0 saturated carbocycles. The third-order valence-corrected chi connectivity index (χ3v) is 3.42. The van der Waals surface area contributed by atoms with Gasteiger partial charge in [0.1, 0.15) is 0 Å². The lowest BCUT2D eigenvalue weighted by Gasteiger charge is -2.27. The number of nitrogens with zero attached hydrogens (tertiary/aromatic N) is 1. The molecular weight excluding hydrogens is 297 g/mol. The quantitative estimate of drug-likeness (QED) is 0.820. The molecule has 0 heterocycles. The molecule has 0 aliphatic heterocycles. The normalized spacial score (nSPS) is 11.9. The summed E-state index contributed by atoms with van der Waals surface area (Å²) in [6.07, 6.45) is 0.668. The van der Waals surface area contributed by atoms with Gasteiger partial charge in [0.2, 0.25) is 11.8 Å². The van der Waals surface area contributed by atoms with Gasteiger partial charge in [0, 0.05) is 25.9 Å². The number of benzene rings is 1. The molecule has 0 radical (unpaired) electrons. The first-order valence-corrected chi connectivity index (χ1v) is 6.98. The van der Waals surface area contributed by atoms with E-state index in [0.29, 0.717) is 0 Å². The summed E-state index contributed by atoms with van der Waals surface area (Å²) in [5.41, 5.74) is -0.429. The van der Waals surface area contributed by atoms with Gasteiger partial charge in [-0.05, 0) is 25.5 Å². The van der Waals surface area contributed by atoms with E-state index in [1.807, 2.05) is 13.8 Å². The Morgan fingerprint density at radius 1 is 1.23 bits per heavy atom. The van der Waals surface area contributed by atoms with Gasteiger partial charge in [0.15, 0.2) is 17.5 Å². The van der Waals surface area contributed by atoms with Gasteiger partial charge in [0.25, 0.3) is 0 Å². The Labute approximate surface area is 127 Å². The van der Waals surface area contributed by atoms with Crippen LogP contribution in [0.5, 0.6) is 0 Å². The van der Waals surface area contributed by atoms with Crippen LogP contribution in [0.2, 0.25) is 0 Å². The molecule has 0 bridgehead atoms. The molecule has 1 rings (SSSR count). The molecule has 0 spiro atoms. The lowest BCUT2D eigenvalue weighted by Crippen LogP contribution is -2.38. The molecule has 1 atom stereocenters. The van der Waals surface area contributed by atoms with Crippen molar-refractivity contribution in [1.82, 2.24) is 4.90 Å². The van der Waals surface area contributed by atoms with E-state index in [0.717, 1.165) is 18.6 Å². The van der Waals surface area contributed by atoms with Gasteiger partial charge in [0.05, 0.1) is 5.69 Å². The second-order valence-corrected chi connectivity index (χ2v) is 4.99. The number of carbonyl (C=O) groups is 2. The zero-order valence-electron chi connectivity index (χ0n) is 12.8. The number of anilines is 1. The van der Waals surface area contributed by atoms with Crippen LogP contribution in [0.4, 0.5) is 18.9 Å². The minimum absolute atomic E-state index is 0.0229. The molecule has 7 heteroatoms. The second-order valence-electron chi connectivity index (χ2n) is 4.99. The molecular formula is C15H19F3N2O2. The van der Waals surface area contributed by atoms with E-state index >= 15 is 0 Å². The summed E-state index contributed by atoms with van der Waals surface area (Å²) in [5.74, 6) is -5.16. The minimum Gasteiger partial charge on any atom is -0.340 e. The molecule has 22 heavy (non-hydrogen) atoms. The summed E-state index contributed by atoms with van der Waals surface area (Å²) in [5, 5.41) is 2.17. The minimum atomic E-state index is -1.64. The summed E-state index contributed by atoms with van der Waals surface area (Å²) in [7, 11) is 0. The maximum Gasteiger partial charge on any atom is 0.226 e. The van der Waals surface area contributed by atoms with Crippen LogP contribution in [0.3, 0.4) is 0 Å². The van der Waals surface area contributed by atoms with E-state index in [4.69, 9.17) is 0 Å². The van der Waals surface area contributed by atoms with E-state index in [-0.39, 0.29) is 24.9 Å². The third-order valence-electron chi connectivity index (χ3n) is 3.42. The molecule has 0 aliphatic carbocycles. The molecule has 4 nitrogen and oxygen atoms in total. The Kier molecular flexibility index (Phi) is 6.39. The zero-order valence-corrected chi connectivity index (χ0v) is 12.8. The van der Waals surface area contributed by atoms with E-state index in [9.17, 15) is 22.8 Å². The molecule has 1 unspecified atom stereocenters. The molecule has 1 N–H and O–H groups in total. The second kappa shape index (κ2) is 7.82. The highest BCUT2D eigenvalue weighted by molar-refractivity contribution is 5.91. The SMILES string of the molecule is CCC(C)N(CCC(=O)Nc1ccc(F)c(F)c1F)C(C)=O. The van der Waals surface area contributed by atoms with Crippen LogP contribution in [0.15, 0.2) is 12.1 Å². The van der Waals surface area contributed by atoms with Crippen LogP contribution in [0, 0.1) is 17.5 Å². The van der Waals surface area contributed by atoms with Crippen molar-refractivity contribution in [3.05, 3.63) is 29.6 Å². The van der Waals surface area contributed by atoms with E-state index in [2.05, 4.69) is 5.32 Å². The molecule has 0 saturated heterocycles. The van der Waals surface area contributed by atoms with Gasteiger partial charge in [-0.1, -0.05) is 6.92 Å².